The van der Waals surface area contributed by atoms with Crippen molar-refractivity contribution in [2.45, 2.75) is 26.9 Å². The lowest BCUT2D eigenvalue weighted by atomic mass is 10.0. The maximum absolute atomic E-state index is 4.52. The first-order chi connectivity index (χ1) is 8.26. The van der Waals surface area contributed by atoms with Gasteiger partial charge in [0.25, 0.3) is 0 Å². The molecule has 2 aliphatic heterocycles. The molecule has 1 N–H and O–H groups in total. The lowest BCUT2D eigenvalue weighted by Crippen LogP contribution is -2.26. The molecule has 0 amide bonds. The maximum Gasteiger partial charge on any atom is 0.0597 e. The summed E-state index contributed by atoms with van der Waals surface area (Å²) < 4.78 is 2.14. The molecule has 2 unspecified atom stereocenters. The van der Waals surface area contributed by atoms with Gasteiger partial charge in [0.2, 0.25) is 0 Å². The van der Waals surface area contributed by atoms with Gasteiger partial charge in [-0.05, 0) is 44.8 Å². The number of hydrogen-bond acceptors (Lipinski definition) is 3. The zero-order chi connectivity index (χ0) is 11.8. The Bertz CT molecular complexity index is 386. The van der Waals surface area contributed by atoms with Crippen molar-refractivity contribution in [2.75, 3.05) is 26.2 Å². The van der Waals surface area contributed by atoms with Gasteiger partial charge in [-0.2, -0.15) is 5.10 Å². The minimum Gasteiger partial charge on any atom is -0.316 e. The van der Waals surface area contributed by atoms with Gasteiger partial charge in [-0.3, -0.25) is 9.58 Å². The highest BCUT2D eigenvalue weighted by Gasteiger charge is 2.36. The van der Waals surface area contributed by atoms with Crippen molar-refractivity contribution < 1.29 is 0 Å². The van der Waals surface area contributed by atoms with Crippen molar-refractivity contribution in [2.24, 2.45) is 11.8 Å². The Balaban J connectivity index is 1.67. The number of likely N-dealkylation sites (tertiary alicyclic amines) is 1. The van der Waals surface area contributed by atoms with Crippen molar-refractivity contribution in [1.29, 1.82) is 0 Å². The van der Waals surface area contributed by atoms with E-state index in [2.05, 4.69) is 39.9 Å². The number of rotatable bonds is 3. The van der Waals surface area contributed by atoms with Gasteiger partial charge in [-0.1, -0.05) is 0 Å². The molecule has 1 aromatic heterocycles. The van der Waals surface area contributed by atoms with E-state index in [1.54, 1.807) is 0 Å². The molecule has 2 atom stereocenters. The number of aryl methyl sites for hydroxylation is 2. The molecule has 1 aromatic rings. The average molecular weight is 234 g/mol. The molecule has 0 saturated carbocycles. The number of fused-ring (bicyclic) bond motifs is 1. The summed E-state index contributed by atoms with van der Waals surface area (Å²) >= 11 is 0. The molecule has 2 fully saturated rings. The second kappa shape index (κ2) is 4.42. The molecule has 0 aliphatic carbocycles. The van der Waals surface area contributed by atoms with Crippen LogP contribution in [0, 0.1) is 18.8 Å². The average Bonchev–Trinajstić information content (AvgIpc) is 2.92. The molecular formula is C13H22N4. The number of nitrogens with zero attached hydrogens (tertiary/aromatic N) is 3. The monoisotopic (exact) mass is 234 g/mol. The number of aromatic nitrogens is 2. The fraction of sp³-hybridized carbons (Fsp3) is 0.769. The van der Waals surface area contributed by atoms with Gasteiger partial charge < -0.3 is 5.32 Å². The van der Waals surface area contributed by atoms with E-state index in [0.29, 0.717) is 0 Å². The van der Waals surface area contributed by atoms with Crippen molar-refractivity contribution >= 4 is 0 Å². The molecule has 17 heavy (non-hydrogen) atoms. The van der Waals surface area contributed by atoms with Gasteiger partial charge in [0.1, 0.15) is 0 Å². The molecular weight excluding hydrogens is 212 g/mol. The van der Waals surface area contributed by atoms with Gasteiger partial charge in [0.05, 0.1) is 11.4 Å². The number of nitrogens with one attached hydrogen (secondary N) is 1. The van der Waals surface area contributed by atoms with E-state index in [9.17, 15) is 0 Å². The topological polar surface area (TPSA) is 33.1 Å². The Labute approximate surface area is 103 Å². The van der Waals surface area contributed by atoms with E-state index in [-0.39, 0.29) is 0 Å². The fourth-order valence-corrected chi connectivity index (χ4v) is 3.31. The summed E-state index contributed by atoms with van der Waals surface area (Å²) in [7, 11) is 0. The lowest BCUT2D eigenvalue weighted by molar-refractivity contribution is 0.295. The molecule has 0 bridgehead atoms. The van der Waals surface area contributed by atoms with Crippen molar-refractivity contribution in [3.05, 3.63) is 17.5 Å². The zero-order valence-electron chi connectivity index (χ0n) is 10.8. The third-order valence-corrected chi connectivity index (χ3v) is 4.14. The second-order valence-electron chi connectivity index (χ2n) is 5.47. The highest BCUT2D eigenvalue weighted by atomic mass is 15.3. The zero-order valence-corrected chi connectivity index (χ0v) is 10.8. The van der Waals surface area contributed by atoms with Crippen molar-refractivity contribution in [1.82, 2.24) is 20.0 Å². The van der Waals surface area contributed by atoms with Crippen LogP contribution in [0.5, 0.6) is 0 Å². The van der Waals surface area contributed by atoms with Crippen LogP contribution in [0.25, 0.3) is 0 Å². The Morgan fingerprint density at radius 3 is 2.71 bits per heavy atom. The Morgan fingerprint density at radius 2 is 2.06 bits per heavy atom. The van der Waals surface area contributed by atoms with Crippen LogP contribution < -0.4 is 5.32 Å². The first kappa shape index (κ1) is 11.2. The molecule has 4 nitrogen and oxygen atoms in total. The quantitative estimate of drug-likeness (QED) is 0.842. The van der Waals surface area contributed by atoms with E-state index < -0.39 is 0 Å². The van der Waals surface area contributed by atoms with E-state index in [1.165, 1.54) is 31.9 Å². The van der Waals surface area contributed by atoms with Crippen LogP contribution in [0.1, 0.15) is 18.3 Å². The molecule has 0 radical (unpaired) electrons. The summed E-state index contributed by atoms with van der Waals surface area (Å²) in [5, 5.41) is 8.01. The van der Waals surface area contributed by atoms with Gasteiger partial charge in [0.15, 0.2) is 0 Å². The van der Waals surface area contributed by atoms with Gasteiger partial charge in [0, 0.05) is 26.2 Å². The predicted molar refractivity (Wildman–Crippen MR) is 67.8 cm³/mol. The van der Waals surface area contributed by atoms with E-state index in [1.807, 2.05) is 0 Å². The summed E-state index contributed by atoms with van der Waals surface area (Å²) in [4.78, 5) is 2.60. The standard InChI is InChI=1S/C13H22N4/c1-3-17-13(4-10(2)15-17)9-16-7-11-5-14-6-12(11)8-16/h4,11-12,14H,3,5-9H2,1-2H3. The second-order valence-corrected chi connectivity index (χ2v) is 5.47. The largest absolute Gasteiger partial charge is 0.316 e. The lowest BCUT2D eigenvalue weighted by Gasteiger charge is -2.17. The molecule has 0 aromatic carbocycles. The van der Waals surface area contributed by atoms with E-state index >= 15 is 0 Å². The highest BCUT2D eigenvalue weighted by molar-refractivity contribution is 5.09. The first-order valence-electron chi connectivity index (χ1n) is 6.72. The summed E-state index contributed by atoms with van der Waals surface area (Å²) in [5.41, 5.74) is 2.51. The van der Waals surface area contributed by atoms with Crippen LogP contribution in [0.4, 0.5) is 0 Å². The summed E-state index contributed by atoms with van der Waals surface area (Å²) in [6.07, 6.45) is 0. The van der Waals surface area contributed by atoms with Crippen LogP contribution >= 0.6 is 0 Å². The van der Waals surface area contributed by atoms with Crippen LogP contribution in [0.2, 0.25) is 0 Å². The van der Waals surface area contributed by atoms with E-state index in [4.69, 9.17) is 0 Å². The molecule has 2 saturated heterocycles. The predicted octanol–water partition coefficient (Wildman–Crippen LogP) is 0.863. The molecule has 0 spiro atoms. The van der Waals surface area contributed by atoms with Crippen molar-refractivity contribution in [3.63, 3.8) is 0 Å². The van der Waals surface area contributed by atoms with Gasteiger partial charge >= 0.3 is 0 Å². The minimum absolute atomic E-state index is 0.883. The summed E-state index contributed by atoms with van der Waals surface area (Å²) in [6.45, 7) is 11.2. The summed E-state index contributed by atoms with van der Waals surface area (Å²) in [6, 6.07) is 2.23. The van der Waals surface area contributed by atoms with Gasteiger partial charge in [-0.15, -0.1) is 0 Å². The Morgan fingerprint density at radius 1 is 1.35 bits per heavy atom. The highest BCUT2D eigenvalue weighted by Crippen LogP contribution is 2.27. The van der Waals surface area contributed by atoms with Crippen molar-refractivity contribution in [3.8, 4) is 0 Å². The van der Waals surface area contributed by atoms with Gasteiger partial charge in [-0.25, -0.2) is 0 Å². The molecule has 94 valence electrons. The van der Waals surface area contributed by atoms with Crippen LogP contribution in [0.15, 0.2) is 6.07 Å². The normalized spacial score (nSPS) is 28.8. The van der Waals surface area contributed by atoms with Crippen LogP contribution in [-0.2, 0) is 13.1 Å². The van der Waals surface area contributed by atoms with E-state index in [0.717, 1.165) is 30.6 Å². The third kappa shape index (κ3) is 2.11. The first-order valence-corrected chi connectivity index (χ1v) is 6.72. The SMILES string of the molecule is CCn1nc(C)cc1CN1CC2CNCC2C1. The van der Waals surface area contributed by atoms with Crippen LogP contribution in [-0.4, -0.2) is 40.9 Å². The van der Waals surface area contributed by atoms with Crippen LogP contribution in [0.3, 0.4) is 0 Å². The molecule has 3 heterocycles. The number of hydrogen-bond donors (Lipinski definition) is 1. The smallest absolute Gasteiger partial charge is 0.0597 e. The molecule has 3 rings (SSSR count). The Kier molecular flexibility index (Phi) is 2.92. The molecule has 4 heteroatoms. The maximum atomic E-state index is 4.52. The fourth-order valence-electron chi connectivity index (χ4n) is 3.31. The minimum atomic E-state index is 0.883. The molecule has 2 aliphatic rings. The summed E-state index contributed by atoms with van der Waals surface area (Å²) in [5.74, 6) is 1.77. The third-order valence-electron chi connectivity index (χ3n) is 4.14. The Hall–Kier alpha value is -0.870.